The molecule has 1 heterocycles. The lowest BCUT2D eigenvalue weighted by Crippen LogP contribution is -2.24. The van der Waals surface area contributed by atoms with Crippen molar-refractivity contribution in [2.75, 3.05) is 18.0 Å². The molecule has 0 amide bonds. The van der Waals surface area contributed by atoms with E-state index in [-0.39, 0.29) is 17.7 Å². The van der Waals surface area contributed by atoms with Gasteiger partial charge in [-0.1, -0.05) is 11.6 Å². The fourth-order valence-corrected chi connectivity index (χ4v) is 2.48. The fraction of sp³-hybridized carbons (Fsp3) is 0.500. The van der Waals surface area contributed by atoms with Gasteiger partial charge >= 0.3 is 0 Å². The average Bonchev–Trinajstić information content (AvgIpc) is 2.78. The number of rotatable bonds is 3. The highest BCUT2D eigenvalue weighted by atomic mass is 35.5. The zero-order valence-corrected chi connectivity index (χ0v) is 10.8. The van der Waals surface area contributed by atoms with E-state index in [9.17, 15) is 15.2 Å². The number of hydrogen-bond acceptors (Lipinski definition) is 4. The standard InChI is InChI=1S/C12H15ClN2O3/c1-8(16)9-4-5-14(7-9)11-3-2-10(13)6-12(11)15(17)18/h2-3,6,8-9,16H,4-5,7H2,1H3. The van der Waals surface area contributed by atoms with Gasteiger partial charge in [-0.05, 0) is 25.5 Å². The van der Waals surface area contributed by atoms with Crippen LogP contribution in [0.25, 0.3) is 0 Å². The van der Waals surface area contributed by atoms with Gasteiger partial charge in [0.2, 0.25) is 0 Å². The summed E-state index contributed by atoms with van der Waals surface area (Å²) in [5.41, 5.74) is 0.598. The highest BCUT2D eigenvalue weighted by Crippen LogP contribution is 2.34. The lowest BCUT2D eigenvalue weighted by Gasteiger charge is -2.19. The van der Waals surface area contributed by atoms with Crippen molar-refractivity contribution in [3.05, 3.63) is 33.3 Å². The minimum atomic E-state index is -0.420. The van der Waals surface area contributed by atoms with Crippen LogP contribution >= 0.6 is 11.6 Å². The van der Waals surface area contributed by atoms with Crippen LogP contribution in [0, 0.1) is 16.0 Å². The Hall–Kier alpha value is -1.33. The van der Waals surface area contributed by atoms with Crippen LogP contribution in [0.15, 0.2) is 18.2 Å². The molecule has 6 heteroatoms. The first kappa shape index (κ1) is 13.1. The molecule has 0 saturated carbocycles. The van der Waals surface area contributed by atoms with Crippen molar-refractivity contribution in [1.82, 2.24) is 0 Å². The van der Waals surface area contributed by atoms with Crippen LogP contribution in [0.2, 0.25) is 5.02 Å². The fourth-order valence-electron chi connectivity index (χ4n) is 2.31. The number of aliphatic hydroxyl groups excluding tert-OH is 1. The average molecular weight is 271 g/mol. The SMILES string of the molecule is CC(O)C1CCN(c2ccc(Cl)cc2[N+](=O)[O-])C1. The van der Waals surface area contributed by atoms with Gasteiger partial charge in [0.15, 0.2) is 0 Å². The molecular formula is C12H15ClN2O3. The normalized spacial score (nSPS) is 21.1. The third-order valence-electron chi connectivity index (χ3n) is 3.38. The summed E-state index contributed by atoms with van der Waals surface area (Å²) in [7, 11) is 0. The Bertz CT molecular complexity index is 465. The maximum absolute atomic E-state index is 11.0. The molecule has 0 spiro atoms. The number of nitro benzene ring substituents is 1. The van der Waals surface area contributed by atoms with Gasteiger partial charge in [0, 0.05) is 30.1 Å². The zero-order valence-electron chi connectivity index (χ0n) is 10.0. The molecule has 1 fully saturated rings. The predicted molar refractivity (Wildman–Crippen MR) is 70.1 cm³/mol. The first-order valence-corrected chi connectivity index (χ1v) is 6.24. The van der Waals surface area contributed by atoms with E-state index in [2.05, 4.69) is 0 Å². The summed E-state index contributed by atoms with van der Waals surface area (Å²) in [4.78, 5) is 12.5. The number of benzene rings is 1. The first-order valence-electron chi connectivity index (χ1n) is 5.86. The van der Waals surface area contributed by atoms with Crippen LogP contribution in [-0.4, -0.2) is 29.2 Å². The lowest BCUT2D eigenvalue weighted by atomic mass is 10.0. The second-order valence-electron chi connectivity index (χ2n) is 4.63. The Balaban J connectivity index is 2.27. The van der Waals surface area contributed by atoms with E-state index in [1.54, 1.807) is 19.1 Å². The summed E-state index contributed by atoms with van der Waals surface area (Å²) in [5, 5.41) is 20.9. The number of aliphatic hydroxyl groups is 1. The molecule has 2 unspecified atom stereocenters. The molecule has 1 aromatic rings. The highest BCUT2D eigenvalue weighted by Gasteiger charge is 2.29. The molecule has 5 nitrogen and oxygen atoms in total. The molecule has 18 heavy (non-hydrogen) atoms. The molecule has 1 aliphatic heterocycles. The van der Waals surface area contributed by atoms with Crippen LogP contribution in [-0.2, 0) is 0 Å². The zero-order chi connectivity index (χ0) is 13.3. The quantitative estimate of drug-likeness (QED) is 0.677. The molecule has 1 aliphatic rings. The Kier molecular flexibility index (Phi) is 3.73. The second-order valence-corrected chi connectivity index (χ2v) is 5.06. The van der Waals surface area contributed by atoms with E-state index in [0.717, 1.165) is 13.0 Å². The second kappa shape index (κ2) is 5.12. The van der Waals surface area contributed by atoms with Crippen LogP contribution < -0.4 is 4.90 Å². The molecule has 1 saturated heterocycles. The van der Waals surface area contributed by atoms with E-state index in [1.165, 1.54) is 6.07 Å². The largest absolute Gasteiger partial charge is 0.393 e. The van der Waals surface area contributed by atoms with Crippen molar-refractivity contribution in [3.8, 4) is 0 Å². The van der Waals surface area contributed by atoms with Gasteiger partial charge in [0.1, 0.15) is 5.69 Å². The molecule has 0 bridgehead atoms. The van der Waals surface area contributed by atoms with Gasteiger partial charge in [0.05, 0.1) is 11.0 Å². The number of nitrogens with zero attached hydrogens (tertiary/aromatic N) is 2. The first-order chi connectivity index (χ1) is 8.49. The summed E-state index contributed by atoms with van der Waals surface area (Å²) in [5.74, 6) is 0.167. The highest BCUT2D eigenvalue weighted by molar-refractivity contribution is 6.30. The Morgan fingerprint density at radius 3 is 2.89 bits per heavy atom. The number of nitro groups is 1. The molecular weight excluding hydrogens is 256 g/mol. The van der Waals surface area contributed by atoms with E-state index < -0.39 is 4.92 Å². The van der Waals surface area contributed by atoms with E-state index in [0.29, 0.717) is 17.3 Å². The molecule has 0 aliphatic carbocycles. The van der Waals surface area contributed by atoms with Crippen LogP contribution in [0.5, 0.6) is 0 Å². The molecule has 2 rings (SSSR count). The summed E-state index contributed by atoms with van der Waals surface area (Å²) in [6.45, 7) is 3.11. The Labute approximate surface area is 110 Å². The number of anilines is 1. The molecule has 98 valence electrons. The van der Waals surface area contributed by atoms with Crippen molar-refractivity contribution in [1.29, 1.82) is 0 Å². The number of halogens is 1. The minimum Gasteiger partial charge on any atom is -0.393 e. The molecule has 0 aromatic heterocycles. The van der Waals surface area contributed by atoms with Gasteiger partial charge in [-0.15, -0.1) is 0 Å². The summed E-state index contributed by atoms with van der Waals surface area (Å²) >= 11 is 5.78. The van der Waals surface area contributed by atoms with Gasteiger partial charge in [-0.2, -0.15) is 0 Å². The van der Waals surface area contributed by atoms with Gasteiger partial charge in [0.25, 0.3) is 5.69 Å². The Morgan fingerprint density at radius 1 is 1.61 bits per heavy atom. The minimum absolute atomic E-state index is 0.0220. The van der Waals surface area contributed by atoms with Crippen LogP contribution in [0.1, 0.15) is 13.3 Å². The third kappa shape index (κ3) is 2.57. The number of hydrogen-bond donors (Lipinski definition) is 1. The monoisotopic (exact) mass is 270 g/mol. The predicted octanol–water partition coefficient (Wildman–Crippen LogP) is 2.46. The summed E-state index contributed by atoms with van der Waals surface area (Å²) in [6.07, 6.45) is 0.457. The molecule has 1 N–H and O–H groups in total. The molecule has 0 radical (unpaired) electrons. The van der Waals surface area contributed by atoms with Crippen molar-refractivity contribution in [2.24, 2.45) is 5.92 Å². The summed E-state index contributed by atoms with van der Waals surface area (Å²) in [6, 6.07) is 4.69. The van der Waals surface area contributed by atoms with Crippen molar-refractivity contribution in [2.45, 2.75) is 19.4 Å². The topological polar surface area (TPSA) is 66.6 Å². The summed E-state index contributed by atoms with van der Waals surface area (Å²) < 4.78 is 0. The van der Waals surface area contributed by atoms with Gasteiger partial charge in [-0.25, -0.2) is 0 Å². The van der Waals surface area contributed by atoms with E-state index in [1.807, 2.05) is 4.90 Å². The Morgan fingerprint density at radius 2 is 2.33 bits per heavy atom. The van der Waals surface area contributed by atoms with Gasteiger partial charge < -0.3 is 10.0 Å². The van der Waals surface area contributed by atoms with Gasteiger partial charge in [-0.3, -0.25) is 10.1 Å². The van der Waals surface area contributed by atoms with Crippen LogP contribution in [0.4, 0.5) is 11.4 Å². The maximum Gasteiger partial charge on any atom is 0.294 e. The van der Waals surface area contributed by atoms with Crippen molar-refractivity contribution < 1.29 is 10.0 Å². The van der Waals surface area contributed by atoms with Crippen molar-refractivity contribution in [3.63, 3.8) is 0 Å². The molecule has 2 atom stereocenters. The van der Waals surface area contributed by atoms with E-state index >= 15 is 0 Å². The smallest absolute Gasteiger partial charge is 0.294 e. The van der Waals surface area contributed by atoms with E-state index in [4.69, 9.17) is 11.6 Å². The third-order valence-corrected chi connectivity index (χ3v) is 3.62. The van der Waals surface area contributed by atoms with Crippen molar-refractivity contribution >= 4 is 23.0 Å². The maximum atomic E-state index is 11.0. The van der Waals surface area contributed by atoms with Crippen LogP contribution in [0.3, 0.4) is 0 Å². The molecule has 1 aromatic carbocycles. The lowest BCUT2D eigenvalue weighted by molar-refractivity contribution is -0.384.